The molecular formula is C13H18N2O2. The van der Waals surface area contributed by atoms with Gasteiger partial charge < -0.3 is 15.8 Å². The van der Waals surface area contributed by atoms with Crippen LogP contribution in [0.4, 0.5) is 0 Å². The number of hydrogen-bond acceptors (Lipinski definition) is 3. The van der Waals surface area contributed by atoms with E-state index in [2.05, 4.69) is 17.4 Å². The molecule has 1 fully saturated rings. The van der Waals surface area contributed by atoms with Crippen LogP contribution in [0.5, 0.6) is 0 Å². The van der Waals surface area contributed by atoms with Gasteiger partial charge in [0.15, 0.2) is 0 Å². The normalized spacial score (nSPS) is 22.2. The van der Waals surface area contributed by atoms with E-state index in [9.17, 15) is 4.79 Å². The second kappa shape index (κ2) is 5.80. The average Bonchev–Trinajstić information content (AvgIpc) is 3.10. The molecule has 17 heavy (non-hydrogen) atoms. The predicted molar refractivity (Wildman–Crippen MR) is 65.6 cm³/mol. The number of ether oxygens (including phenoxy) is 1. The molecular weight excluding hydrogens is 216 g/mol. The van der Waals surface area contributed by atoms with Crippen LogP contribution in [0.3, 0.4) is 0 Å². The van der Waals surface area contributed by atoms with Crippen LogP contribution in [0, 0.1) is 0 Å². The van der Waals surface area contributed by atoms with Gasteiger partial charge in [-0.05, 0) is 12.0 Å². The van der Waals surface area contributed by atoms with E-state index >= 15 is 0 Å². The number of benzene rings is 1. The standard InChI is InChI=1S/C13H18N2O2/c14-6-7-17-9-13(16)15-12-8-11(12)10-4-2-1-3-5-10/h1-5,11-12H,6-9,14H2,(H,15,16). The Morgan fingerprint density at radius 1 is 1.41 bits per heavy atom. The molecule has 1 aromatic carbocycles. The molecule has 0 radical (unpaired) electrons. The maximum absolute atomic E-state index is 11.5. The summed E-state index contributed by atoms with van der Waals surface area (Å²) in [4.78, 5) is 11.5. The molecule has 2 atom stereocenters. The highest BCUT2D eigenvalue weighted by atomic mass is 16.5. The molecule has 1 aliphatic carbocycles. The lowest BCUT2D eigenvalue weighted by atomic mass is 10.1. The van der Waals surface area contributed by atoms with Crippen LogP contribution in [0.1, 0.15) is 17.9 Å². The number of hydrogen-bond donors (Lipinski definition) is 2. The number of carbonyl (C=O) groups excluding carboxylic acids is 1. The zero-order valence-corrected chi connectivity index (χ0v) is 9.76. The van der Waals surface area contributed by atoms with Gasteiger partial charge >= 0.3 is 0 Å². The molecule has 0 aromatic heterocycles. The number of rotatable bonds is 6. The summed E-state index contributed by atoms with van der Waals surface area (Å²) in [7, 11) is 0. The van der Waals surface area contributed by atoms with Crippen LogP contribution < -0.4 is 11.1 Å². The number of nitrogens with one attached hydrogen (secondary N) is 1. The minimum atomic E-state index is -0.0538. The maximum atomic E-state index is 11.5. The van der Waals surface area contributed by atoms with Crippen LogP contribution in [0.25, 0.3) is 0 Å². The van der Waals surface area contributed by atoms with Crippen molar-refractivity contribution in [1.29, 1.82) is 0 Å². The molecule has 2 rings (SSSR count). The lowest BCUT2D eigenvalue weighted by molar-refractivity contribution is -0.125. The van der Waals surface area contributed by atoms with Gasteiger partial charge in [-0.2, -0.15) is 0 Å². The van der Waals surface area contributed by atoms with E-state index in [-0.39, 0.29) is 18.6 Å². The second-order valence-electron chi connectivity index (χ2n) is 4.27. The van der Waals surface area contributed by atoms with Crippen LogP contribution in [-0.4, -0.2) is 31.7 Å². The van der Waals surface area contributed by atoms with E-state index in [1.165, 1.54) is 5.56 Å². The molecule has 4 heteroatoms. The van der Waals surface area contributed by atoms with Gasteiger partial charge in [0.05, 0.1) is 6.61 Å². The van der Waals surface area contributed by atoms with Crippen molar-refractivity contribution in [2.24, 2.45) is 5.73 Å². The summed E-state index contributed by atoms with van der Waals surface area (Å²) in [5.74, 6) is 0.413. The van der Waals surface area contributed by atoms with Crippen LogP contribution >= 0.6 is 0 Å². The Balaban J connectivity index is 1.71. The molecule has 1 saturated carbocycles. The van der Waals surface area contributed by atoms with Crippen molar-refractivity contribution in [3.63, 3.8) is 0 Å². The first-order valence-electron chi connectivity index (χ1n) is 5.93. The summed E-state index contributed by atoms with van der Waals surface area (Å²) in [6.45, 7) is 0.985. The van der Waals surface area contributed by atoms with Gasteiger partial charge in [0.1, 0.15) is 6.61 Å². The highest BCUT2D eigenvalue weighted by molar-refractivity contribution is 5.78. The molecule has 2 unspecified atom stereocenters. The molecule has 3 N–H and O–H groups in total. The third-order valence-corrected chi connectivity index (χ3v) is 2.86. The molecule has 0 bridgehead atoms. The third kappa shape index (κ3) is 3.54. The van der Waals surface area contributed by atoms with Gasteiger partial charge in [0.2, 0.25) is 5.91 Å². The largest absolute Gasteiger partial charge is 0.370 e. The fourth-order valence-corrected chi connectivity index (χ4v) is 1.92. The Bertz CT molecular complexity index is 367. The monoisotopic (exact) mass is 234 g/mol. The van der Waals surface area contributed by atoms with Gasteiger partial charge in [0, 0.05) is 18.5 Å². The fraction of sp³-hybridized carbons (Fsp3) is 0.462. The lowest BCUT2D eigenvalue weighted by Crippen LogP contribution is -2.31. The summed E-state index contributed by atoms with van der Waals surface area (Å²) in [5.41, 5.74) is 6.56. The van der Waals surface area contributed by atoms with Crippen LogP contribution in [0.15, 0.2) is 30.3 Å². The van der Waals surface area contributed by atoms with Crippen molar-refractivity contribution in [2.75, 3.05) is 19.8 Å². The topological polar surface area (TPSA) is 64.3 Å². The van der Waals surface area contributed by atoms with Crippen molar-refractivity contribution in [2.45, 2.75) is 18.4 Å². The second-order valence-corrected chi connectivity index (χ2v) is 4.27. The summed E-state index contributed by atoms with van der Waals surface area (Å²) < 4.78 is 5.08. The summed E-state index contributed by atoms with van der Waals surface area (Å²) >= 11 is 0. The molecule has 1 aliphatic rings. The Kier molecular flexibility index (Phi) is 4.12. The van der Waals surface area contributed by atoms with E-state index in [0.29, 0.717) is 19.1 Å². The Morgan fingerprint density at radius 2 is 2.18 bits per heavy atom. The highest BCUT2D eigenvalue weighted by Gasteiger charge is 2.39. The first-order valence-corrected chi connectivity index (χ1v) is 5.93. The van der Waals surface area contributed by atoms with E-state index in [1.54, 1.807) is 0 Å². The van der Waals surface area contributed by atoms with Gasteiger partial charge in [-0.15, -0.1) is 0 Å². The molecule has 1 aromatic rings. The maximum Gasteiger partial charge on any atom is 0.246 e. The molecule has 0 aliphatic heterocycles. The van der Waals surface area contributed by atoms with Crippen LogP contribution in [-0.2, 0) is 9.53 Å². The zero-order chi connectivity index (χ0) is 12.1. The van der Waals surface area contributed by atoms with Crippen molar-refractivity contribution in [3.8, 4) is 0 Å². The summed E-state index contributed by atoms with van der Waals surface area (Å²) in [6.07, 6.45) is 1.02. The van der Waals surface area contributed by atoms with E-state index in [1.807, 2.05) is 18.2 Å². The van der Waals surface area contributed by atoms with E-state index in [0.717, 1.165) is 6.42 Å². The lowest BCUT2D eigenvalue weighted by Gasteiger charge is -2.05. The third-order valence-electron chi connectivity index (χ3n) is 2.86. The summed E-state index contributed by atoms with van der Waals surface area (Å²) in [6, 6.07) is 10.5. The SMILES string of the molecule is NCCOCC(=O)NC1CC1c1ccccc1. The molecule has 0 saturated heterocycles. The van der Waals surface area contributed by atoms with Gasteiger partial charge in [-0.1, -0.05) is 30.3 Å². The number of nitrogens with two attached hydrogens (primary N) is 1. The van der Waals surface area contributed by atoms with Crippen molar-refractivity contribution in [1.82, 2.24) is 5.32 Å². The van der Waals surface area contributed by atoms with Crippen molar-refractivity contribution < 1.29 is 9.53 Å². The number of carbonyl (C=O) groups is 1. The van der Waals surface area contributed by atoms with Gasteiger partial charge in [0.25, 0.3) is 0 Å². The first kappa shape index (κ1) is 12.1. The number of amides is 1. The smallest absolute Gasteiger partial charge is 0.246 e. The Hall–Kier alpha value is -1.39. The van der Waals surface area contributed by atoms with Crippen LogP contribution in [0.2, 0.25) is 0 Å². The van der Waals surface area contributed by atoms with Gasteiger partial charge in [-0.25, -0.2) is 0 Å². The first-order chi connectivity index (χ1) is 8.31. The average molecular weight is 234 g/mol. The Labute approximate surface area is 101 Å². The minimum Gasteiger partial charge on any atom is -0.370 e. The highest BCUT2D eigenvalue weighted by Crippen LogP contribution is 2.40. The van der Waals surface area contributed by atoms with Crippen molar-refractivity contribution in [3.05, 3.63) is 35.9 Å². The van der Waals surface area contributed by atoms with Gasteiger partial charge in [-0.3, -0.25) is 4.79 Å². The fourth-order valence-electron chi connectivity index (χ4n) is 1.92. The van der Waals surface area contributed by atoms with E-state index < -0.39 is 0 Å². The minimum absolute atomic E-state index is 0.0538. The predicted octanol–water partition coefficient (Wildman–Crippen LogP) is 0.634. The molecule has 92 valence electrons. The molecule has 0 spiro atoms. The quantitative estimate of drug-likeness (QED) is 0.710. The van der Waals surface area contributed by atoms with E-state index in [4.69, 9.17) is 10.5 Å². The van der Waals surface area contributed by atoms with Crippen molar-refractivity contribution >= 4 is 5.91 Å². The zero-order valence-electron chi connectivity index (χ0n) is 9.76. The molecule has 0 heterocycles. The summed E-state index contributed by atoms with van der Waals surface area (Å²) in [5, 5.41) is 2.96. The Morgan fingerprint density at radius 3 is 2.88 bits per heavy atom. The molecule has 1 amide bonds. The molecule has 4 nitrogen and oxygen atoms in total.